The van der Waals surface area contributed by atoms with Crippen LogP contribution < -0.4 is 5.32 Å². The van der Waals surface area contributed by atoms with Gasteiger partial charge in [-0.1, -0.05) is 13.8 Å². The molecule has 1 fully saturated rings. The van der Waals surface area contributed by atoms with E-state index in [4.69, 9.17) is 0 Å². The van der Waals surface area contributed by atoms with Gasteiger partial charge in [0.05, 0.1) is 0 Å². The monoisotopic (exact) mass is 233 g/mol. The Morgan fingerprint density at radius 2 is 1.94 bits per heavy atom. The molecular weight excluding hydrogens is 210 g/mol. The highest BCUT2D eigenvalue weighted by Gasteiger charge is 2.24. The fourth-order valence-corrected chi connectivity index (χ4v) is 2.71. The van der Waals surface area contributed by atoms with Crippen LogP contribution in [0.15, 0.2) is 18.2 Å². The minimum atomic E-state index is 0.346. The van der Waals surface area contributed by atoms with Gasteiger partial charge in [0.25, 0.3) is 0 Å². The highest BCUT2D eigenvalue weighted by Crippen LogP contribution is 2.32. The van der Waals surface area contributed by atoms with E-state index < -0.39 is 0 Å². The van der Waals surface area contributed by atoms with Crippen molar-refractivity contribution >= 4 is 5.69 Å². The molecule has 0 aliphatic heterocycles. The number of hydrogen-bond acceptors (Lipinski definition) is 2. The summed E-state index contributed by atoms with van der Waals surface area (Å²) in [6, 6.07) is 6.14. The highest BCUT2D eigenvalue weighted by molar-refractivity contribution is 5.53. The molecule has 2 N–H and O–H groups in total. The molecule has 3 atom stereocenters. The average molecular weight is 233 g/mol. The van der Waals surface area contributed by atoms with Crippen LogP contribution in [0.4, 0.5) is 5.69 Å². The van der Waals surface area contributed by atoms with E-state index in [2.05, 4.69) is 19.2 Å². The van der Waals surface area contributed by atoms with Crippen LogP contribution in [0.5, 0.6) is 5.75 Å². The molecule has 0 bridgehead atoms. The topological polar surface area (TPSA) is 32.3 Å². The van der Waals surface area contributed by atoms with E-state index in [0.29, 0.717) is 11.8 Å². The van der Waals surface area contributed by atoms with Crippen molar-refractivity contribution in [3.8, 4) is 5.75 Å². The largest absolute Gasteiger partial charge is 0.508 e. The average Bonchev–Trinajstić information content (AvgIpc) is 2.27. The van der Waals surface area contributed by atoms with E-state index in [9.17, 15) is 5.11 Å². The summed E-state index contributed by atoms with van der Waals surface area (Å²) in [6.45, 7) is 6.74. The standard InChI is InChI=1S/C15H23NO/c1-10-4-5-13(8-11(10)2)16-15-7-6-14(17)9-12(15)3/h6-7,9-11,13,16-17H,4-5,8H2,1-3H3. The lowest BCUT2D eigenvalue weighted by Crippen LogP contribution is -2.30. The SMILES string of the molecule is Cc1cc(O)ccc1NC1CCC(C)C(C)C1. The van der Waals surface area contributed by atoms with Gasteiger partial charge in [0.2, 0.25) is 0 Å². The molecule has 94 valence electrons. The normalized spacial score (nSPS) is 29.0. The molecule has 0 radical (unpaired) electrons. The fraction of sp³-hybridized carbons (Fsp3) is 0.600. The number of rotatable bonds is 2. The summed E-state index contributed by atoms with van der Waals surface area (Å²) in [5, 5.41) is 13.0. The van der Waals surface area contributed by atoms with Crippen LogP contribution in [0.1, 0.15) is 38.7 Å². The zero-order valence-corrected chi connectivity index (χ0v) is 11.0. The van der Waals surface area contributed by atoms with Crippen molar-refractivity contribution in [1.29, 1.82) is 0 Å². The molecule has 1 aliphatic carbocycles. The van der Waals surface area contributed by atoms with Crippen molar-refractivity contribution in [3.05, 3.63) is 23.8 Å². The van der Waals surface area contributed by atoms with E-state index in [0.717, 1.165) is 23.1 Å². The Labute approximate surface area is 104 Å². The number of aromatic hydroxyl groups is 1. The van der Waals surface area contributed by atoms with E-state index in [-0.39, 0.29) is 0 Å². The van der Waals surface area contributed by atoms with Crippen LogP contribution in [0, 0.1) is 18.8 Å². The Balaban J connectivity index is 2.01. The Morgan fingerprint density at radius 3 is 2.59 bits per heavy atom. The van der Waals surface area contributed by atoms with Crippen LogP contribution in [0.3, 0.4) is 0 Å². The maximum Gasteiger partial charge on any atom is 0.115 e. The lowest BCUT2D eigenvalue weighted by Gasteiger charge is -2.33. The number of nitrogens with one attached hydrogen (secondary N) is 1. The van der Waals surface area contributed by atoms with Crippen LogP contribution in [-0.2, 0) is 0 Å². The van der Waals surface area contributed by atoms with Gasteiger partial charge in [-0.25, -0.2) is 0 Å². The summed E-state index contributed by atoms with van der Waals surface area (Å²) >= 11 is 0. The molecule has 0 aromatic heterocycles. The van der Waals surface area contributed by atoms with Gasteiger partial charge in [-0.2, -0.15) is 0 Å². The molecule has 3 unspecified atom stereocenters. The van der Waals surface area contributed by atoms with E-state index in [1.807, 2.05) is 19.1 Å². The Kier molecular flexibility index (Phi) is 3.60. The van der Waals surface area contributed by atoms with Crippen LogP contribution in [0.25, 0.3) is 0 Å². The number of anilines is 1. The highest BCUT2D eigenvalue weighted by atomic mass is 16.3. The van der Waals surface area contributed by atoms with Crippen molar-refractivity contribution < 1.29 is 5.11 Å². The molecular formula is C15H23NO. The van der Waals surface area contributed by atoms with E-state index >= 15 is 0 Å². The summed E-state index contributed by atoms with van der Waals surface area (Å²) in [6.07, 6.45) is 3.82. The quantitative estimate of drug-likeness (QED) is 0.758. The number of phenols is 1. The molecule has 0 spiro atoms. The molecule has 2 heteroatoms. The van der Waals surface area contributed by atoms with Crippen molar-refractivity contribution in [3.63, 3.8) is 0 Å². The lowest BCUT2D eigenvalue weighted by atomic mass is 9.79. The predicted molar refractivity (Wildman–Crippen MR) is 72.4 cm³/mol. The molecule has 0 saturated heterocycles. The lowest BCUT2D eigenvalue weighted by molar-refractivity contribution is 0.261. The Morgan fingerprint density at radius 1 is 1.18 bits per heavy atom. The maximum absolute atomic E-state index is 9.39. The van der Waals surface area contributed by atoms with Crippen molar-refractivity contribution in [2.75, 3.05) is 5.32 Å². The second-order valence-corrected chi connectivity index (χ2v) is 5.61. The third-order valence-electron chi connectivity index (χ3n) is 4.17. The van der Waals surface area contributed by atoms with Crippen molar-refractivity contribution in [2.45, 2.75) is 46.1 Å². The van der Waals surface area contributed by atoms with Gasteiger partial charge in [-0.3, -0.25) is 0 Å². The molecule has 0 amide bonds. The third kappa shape index (κ3) is 2.93. The minimum absolute atomic E-state index is 0.346. The van der Waals surface area contributed by atoms with Gasteiger partial charge in [0.1, 0.15) is 5.75 Å². The van der Waals surface area contributed by atoms with Crippen LogP contribution in [-0.4, -0.2) is 11.1 Å². The molecule has 17 heavy (non-hydrogen) atoms. The Bertz CT molecular complexity index is 389. The summed E-state index contributed by atoms with van der Waals surface area (Å²) < 4.78 is 0. The van der Waals surface area contributed by atoms with Gasteiger partial charge in [0, 0.05) is 11.7 Å². The van der Waals surface area contributed by atoms with Crippen LogP contribution >= 0.6 is 0 Å². The number of aryl methyl sites for hydroxylation is 1. The smallest absolute Gasteiger partial charge is 0.115 e. The molecule has 0 heterocycles. The van der Waals surface area contributed by atoms with E-state index in [1.165, 1.54) is 19.3 Å². The molecule has 2 rings (SSSR count). The number of hydrogen-bond donors (Lipinski definition) is 2. The third-order valence-corrected chi connectivity index (χ3v) is 4.17. The predicted octanol–water partition coefficient (Wildman–Crippen LogP) is 3.94. The second kappa shape index (κ2) is 4.99. The summed E-state index contributed by atoms with van der Waals surface area (Å²) in [5.41, 5.74) is 2.28. The first-order valence-electron chi connectivity index (χ1n) is 6.62. The van der Waals surface area contributed by atoms with Crippen LogP contribution in [0.2, 0.25) is 0 Å². The van der Waals surface area contributed by atoms with Gasteiger partial charge in [-0.15, -0.1) is 0 Å². The fourth-order valence-electron chi connectivity index (χ4n) is 2.71. The van der Waals surface area contributed by atoms with Gasteiger partial charge in [-0.05, 0) is 61.8 Å². The first kappa shape index (κ1) is 12.3. The minimum Gasteiger partial charge on any atom is -0.508 e. The zero-order valence-electron chi connectivity index (χ0n) is 11.0. The number of benzene rings is 1. The number of phenolic OH excluding ortho intramolecular Hbond substituents is 1. The summed E-state index contributed by atoms with van der Waals surface area (Å²) in [4.78, 5) is 0. The van der Waals surface area contributed by atoms with Gasteiger partial charge in [0.15, 0.2) is 0 Å². The molecule has 1 aromatic carbocycles. The van der Waals surface area contributed by atoms with Crippen molar-refractivity contribution in [1.82, 2.24) is 0 Å². The van der Waals surface area contributed by atoms with Gasteiger partial charge >= 0.3 is 0 Å². The summed E-state index contributed by atoms with van der Waals surface area (Å²) in [5.74, 6) is 2.01. The maximum atomic E-state index is 9.39. The van der Waals surface area contributed by atoms with E-state index in [1.54, 1.807) is 6.07 Å². The molecule has 2 nitrogen and oxygen atoms in total. The first-order chi connectivity index (χ1) is 8.06. The second-order valence-electron chi connectivity index (χ2n) is 5.61. The van der Waals surface area contributed by atoms with Crippen molar-refractivity contribution in [2.24, 2.45) is 11.8 Å². The molecule has 1 aliphatic rings. The Hall–Kier alpha value is -1.18. The molecule has 1 aromatic rings. The van der Waals surface area contributed by atoms with Gasteiger partial charge < -0.3 is 10.4 Å². The first-order valence-corrected chi connectivity index (χ1v) is 6.62. The zero-order chi connectivity index (χ0) is 12.4. The summed E-state index contributed by atoms with van der Waals surface area (Å²) in [7, 11) is 0. The molecule has 1 saturated carbocycles.